The highest BCUT2D eigenvalue weighted by Crippen LogP contribution is 2.37. The van der Waals surface area contributed by atoms with Crippen molar-refractivity contribution in [3.05, 3.63) is 40.7 Å². The number of benzene rings is 1. The lowest BCUT2D eigenvalue weighted by Crippen LogP contribution is -2.15. The zero-order chi connectivity index (χ0) is 14.4. The normalized spacial score (nSPS) is 13.9. The molecule has 0 aliphatic carbocycles. The molecule has 2 aromatic heterocycles. The molecule has 21 heavy (non-hydrogen) atoms. The van der Waals surface area contributed by atoms with E-state index in [1.54, 1.807) is 6.33 Å². The monoisotopic (exact) mass is 298 g/mol. The molecular formula is C15H14N4OS. The molecule has 0 saturated heterocycles. The van der Waals surface area contributed by atoms with E-state index in [0.29, 0.717) is 5.01 Å². The summed E-state index contributed by atoms with van der Waals surface area (Å²) >= 11 is 1.42. The predicted octanol–water partition coefficient (Wildman–Crippen LogP) is 2.58. The van der Waals surface area contributed by atoms with Crippen LogP contribution in [0.15, 0.2) is 24.5 Å². The summed E-state index contributed by atoms with van der Waals surface area (Å²) in [6.07, 6.45) is 2.59. The van der Waals surface area contributed by atoms with Crippen molar-refractivity contribution in [2.75, 3.05) is 11.4 Å². The van der Waals surface area contributed by atoms with Crippen LogP contribution in [0.5, 0.6) is 0 Å². The highest BCUT2D eigenvalue weighted by atomic mass is 32.1. The van der Waals surface area contributed by atoms with Crippen molar-refractivity contribution >= 4 is 33.2 Å². The molecule has 3 aromatic rings. The lowest BCUT2D eigenvalue weighted by Gasteiger charge is -2.18. The molecule has 0 amide bonds. The summed E-state index contributed by atoms with van der Waals surface area (Å²) < 4.78 is 0. The molecule has 1 aromatic carbocycles. The van der Waals surface area contributed by atoms with E-state index >= 15 is 0 Å². The SMILES string of the molecule is Cc1ccc2c(c1)CCN2c1ncnc2sc(CO)nc12. The van der Waals surface area contributed by atoms with Crippen molar-refractivity contribution in [1.82, 2.24) is 15.0 Å². The minimum Gasteiger partial charge on any atom is -0.389 e. The second-order valence-corrected chi connectivity index (χ2v) is 6.21. The standard InChI is InChI=1S/C15H14N4OS/c1-9-2-3-11-10(6-9)4-5-19(11)14-13-15(17-8-16-14)21-12(7-20)18-13/h2-3,6,8,20H,4-5,7H2,1H3. The molecule has 1 aliphatic heterocycles. The maximum atomic E-state index is 9.27. The van der Waals surface area contributed by atoms with Gasteiger partial charge in [0.05, 0.1) is 6.61 Å². The fraction of sp³-hybridized carbons (Fsp3) is 0.267. The highest BCUT2D eigenvalue weighted by Gasteiger charge is 2.24. The summed E-state index contributed by atoms with van der Waals surface area (Å²) in [5.74, 6) is 0.832. The molecule has 6 heteroatoms. The molecule has 0 saturated carbocycles. The zero-order valence-corrected chi connectivity index (χ0v) is 12.4. The summed E-state index contributed by atoms with van der Waals surface area (Å²) in [5, 5.41) is 9.95. The van der Waals surface area contributed by atoms with Crippen molar-refractivity contribution < 1.29 is 5.11 Å². The average molecular weight is 298 g/mol. The van der Waals surface area contributed by atoms with E-state index in [1.165, 1.54) is 28.2 Å². The number of aryl methyl sites for hydroxylation is 1. The van der Waals surface area contributed by atoms with Gasteiger partial charge in [-0.05, 0) is 25.0 Å². The molecule has 0 atom stereocenters. The van der Waals surface area contributed by atoms with Crippen LogP contribution in [0.25, 0.3) is 10.3 Å². The van der Waals surface area contributed by atoms with Crippen molar-refractivity contribution in [3.8, 4) is 0 Å². The lowest BCUT2D eigenvalue weighted by atomic mass is 10.1. The molecule has 0 radical (unpaired) electrons. The molecule has 0 fully saturated rings. The van der Waals surface area contributed by atoms with Gasteiger partial charge in [0, 0.05) is 12.2 Å². The Morgan fingerprint density at radius 1 is 1.33 bits per heavy atom. The first-order valence-corrected chi connectivity index (χ1v) is 7.66. The van der Waals surface area contributed by atoms with E-state index in [9.17, 15) is 5.11 Å². The van der Waals surface area contributed by atoms with Gasteiger partial charge in [0.25, 0.3) is 0 Å². The van der Waals surface area contributed by atoms with E-state index < -0.39 is 0 Å². The van der Waals surface area contributed by atoms with Gasteiger partial charge in [-0.25, -0.2) is 15.0 Å². The summed E-state index contributed by atoms with van der Waals surface area (Å²) in [5.41, 5.74) is 4.60. The van der Waals surface area contributed by atoms with Gasteiger partial charge in [-0.15, -0.1) is 0 Å². The maximum Gasteiger partial charge on any atom is 0.164 e. The number of nitrogens with zero attached hydrogens (tertiary/aromatic N) is 4. The van der Waals surface area contributed by atoms with E-state index in [2.05, 4.69) is 45.0 Å². The van der Waals surface area contributed by atoms with Gasteiger partial charge >= 0.3 is 0 Å². The van der Waals surface area contributed by atoms with Crippen LogP contribution in [-0.4, -0.2) is 26.6 Å². The van der Waals surface area contributed by atoms with Crippen LogP contribution in [0.4, 0.5) is 11.5 Å². The van der Waals surface area contributed by atoms with Crippen LogP contribution in [0, 0.1) is 6.92 Å². The molecule has 0 unspecified atom stereocenters. The first kappa shape index (κ1) is 12.7. The Morgan fingerprint density at radius 2 is 2.24 bits per heavy atom. The molecule has 0 bridgehead atoms. The van der Waals surface area contributed by atoms with Crippen LogP contribution in [0.3, 0.4) is 0 Å². The van der Waals surface area contributed by atoms with Gasteiger partial charge in [-0.2, -0.15) is 0 Å². The molecule has 1 N–H and O–H groups in total. The Kier molecular flexibility index (Phi) is 2.87. The molecule has 106 valence electrons. The molecular weight excluding hydrogens is 284 g/mol. The van der Waals surface area contributed by atoms with Crippen LogP contribution >= 0.6 is 11.3 Å². The zero-order valence-electron chi connectivity index (χ0n) is 11.6. The quantitative estimate of drug-likeness (QED) is 0.788. The van der Waals surface area contributed by atoms with E-state index in [-0.39, 0.29) is 6.61 Å². The minimum atomic E-state index is -0.0593. The maximum absolute atomic E-state index is 9.27. The smallest absolute Gasteiger partial charge is 0.164 e. The van der Waals surface area contributed by atoms with Crippen LogP contribution in [0.1, 0.15) is 16.1 Å². The number of hydrogen-bond acceptors (Lipinski definition) is 6. The van der Waals surface area contributed by atoms with Crippen LogP contribution < -0.4 is 4.90 Å². The third kappa shape index (κ3) is 1.99. The Balaban J connectivity index is 1.87. The Bertz CT molecular complexity index is 830. The van der Waals surface area contributed by atoms with Crippen molar-refractivity contribution in [1.29, 1.82) is 0 Å². The van der Waals surface area contributed by atoms with Gasteiger partial charge in [-0.1, -0.05) is 29.0 Å². The van der Waals surface area contributed by atoms with Crippen molar-refractivity contribution in [2.45, 2.75) is 20.0 Å². The van der Waals surface area contributed by atoms with Gasteiger partial charge in [0.2, 0.25) is 0 Å². The number of fused-ring (bicyclic) bond motifs is 2. The molecule has 0 spiro atoms. The summed E-state index contributed by atoms with van der Waals surface area (Å²) in [4.78, 5) is 16.2. The predicted molar refractivity (Wildman–Crippen MR) is 83.0 cm³/mol. The largest absolute Gasteiger partial charge is 0.389 e. The number of aliphatic hydroxyl groups is 1. The van der Waals surface area contributed by atoms with Crippen LogP contribution in [-0.2, 0) is 13.0 Å². The number of aliphatic hydroxyl groups excluding tert-OH is 1. The van der Waals surface area contributed by atoms with Crippen molar-refractivity contribution in [2.24, 2.45) is 0 Å². The van der Waals surface area contributed by atoms with Gasteiger partial charge in [-0.3, -0.25) is 0 Å². The molecule has 3 heterocycles. The highest BCUT2D eigenvalue weighted by molar-refractivity contribution is 7.18. The third-order valence-electron chi connectivity index (χ3n) is 3.74. The molecule has 5 nitrogen and oxygen atoms in total. The van der Waals surface area contributed by atoms with E-state index in [0.717, 1.165) is 29.1 Å². The van der Waals surface area contributed by atoms with E-state index in [1.807, 2.05) is 0 Å². The van der Waals surface area contributed by atoms with Gasteiger partial charge < -0.3 is 10.0 Å². The molecule has 4 rings (SSSR count). The Morgan fingerprint density at radius 3 is 3.10 bits per heavy atom. The van der Waals surface area contributed by atoms with Gasteiger partial charge in [0.1, 0.15) is 21.7 Å². The summed E-state index contributed by atoms with van der Waals surface area (Å²) in [7, 11) is 0. The second-order valence-electron chi connectivity index (χ2n) is 5.15. The summed E-state index contributed by atoms with van der Waals surface area (Å²) in [6.45, 7) is 2.95. The van der Waals surface area contributed by atoms with Crippen molar-refractivity contribution in [3.63, 3.8) is 0 Å². The average Bonchev–Trinajstić information content (AvgIpc) is 3.09. The number of rotatable bonds is 2. The lowest BCUT2D eigenvalue weighted by molar-refractivity contribution is 0.281. The fourth-order valence-corrected chi connectivity index (χ4v) is 3.56. The van der Waals surface area contributed by atoms with E-state index in [4.69, 9.17) is 0 Å². The third-order valence-corrected chi connectivity index (χ3v) is 4.69. The fourth-order valence-electron chi connectivity index (χ4n) is 2.80. The van der Waals surface area contributed by atoms with Crippen LogP contribution in [0.2, 0.25) is 0 Å². The number of aromatic nitrogens is 3. The van der Waals surface area contributed by atoms with Gasteiger partial charge in [0.15, 0.2) is 5.82 Å². The molecule has 1 aliphatic rings. The Hall–Kier alpha value is -2.05. The summed E-state index contributed by atoms with van der Waals surface area (Å²) in [6, 6.07) is 6.49. The second kappa shape index (κ2) is 4.75. The number of hydrogen-bond donors (Lipinski definition) is 1. The topological polar surface area (TPSA) is 62.1 Å². The number of thiazole rings is 1. The Labute approximate surface area is 125 Å². The first-order chi connectivity index (χ1) is 10.3. The minimum absolute atomic E-state index is 0.0593. The first-order valence-electron chi connectivity index (χ1n) is 6.84. The number of anilines is 2.